The van der Waals surface area contributed by atoms with Crippen molar-refractivity contribution in [3.8, 4) is 0 Å². The average Bonchev–Trinajstić information content (AvgIpc) is 2.49. The SMILES string of the molecule is CC(=O)N(CCC(=O)Nc1cc(C)cc(C)c1)c1cc(C)ccc1C. The van der Waals surface area contributed by atoms with E-state index >= 15 is 0 Å². The second kappa shape index (κ2) is 7.97. The van der Waals surface area contributed by atoms with Gasteiger partial charge in [0.25, 0.3) is 0 Å². The standard InChI is InChI=1S/C21H26N2O2/c1-14-6-7-17(4)20(13-14)23(18(5)24)9-8-21(25)22-19-11-15(2)10-16(3)12-19/h6-7,10-13H,8-9H2,1-5H3,(H,22,25). The Morgan fingerprint density at radius 2 is 1.56 bits per heavy atom. The van der Waals surface area contributed by atoms with Crippen LogP contribution in [-0.4, -0.2) is 18.4 Å². The molecule has 1 N–H and O–H groups in total. The largest absolute Gasteiger partial charge is 0.326 e. The van der Waals surface area contributed by atoms with Gasteiger partial charge in [0.05, 0.1) is 0 Å². The first kappa shape index (κ1) is 18.7. The van der Waals surface area contributed by atoms with E-state index in [1.54, 1.807) is 4.90 Å². The van der Waals surface area contributed by atoms with Crippen LogP contribution in [0.4, 0.5) is 11.4 Å². The maximum Gasteiger partial charge on any atom is 0.226 e. The molecule has 0 spiro atoms. The van der Waals surface area contributed by atoms with Gasteiger partial charge in [0.1, 0.15) is 0 Å². The molecule has 2 amide bonds. The molecule has 132 valence electrons. The number of benzene rings is 2. The molecule has 0 aromatic heterocycles. The van der Waals surface area contributed by atoms with Crippen molar-refractivity contribution in [2.75, 3.05) is 16.8 Å². The quantitative estimate of drug-likeness (QED) is 0.883. The number of rotatable bonds is 5. The molecule has 0 aliphatic carbocycles. The molecule has 0 fully saturated rings. The molecule has 0 saturated carbocycles. The summed E-state index contributed by atoms with van der Waals surface area (Å²) in [5.74, 6) is -0.158. The Morgan fingerprint density at radius 1 is 0.920 bits per heavy atom. The van der Waals surface area contributed by atoms with Crippen LogP contribution in [0.3, 0.4) is 0 Å². The molecule has 0 unspecified atom stereocenters. The molecule has 0 heterocycles. The van der Waals surface area contributed by atoms with E-state index in [4.69, 9.17) is 0 Å². The van der Waals surface area contributed by atoms with Crippen LogP contribution in [0, 0.1) is 27.7 Å². The summed E-state index contributed by atoms with van der Waals surface area (Å²) in [6.45, 7) is 9.86. The Hall–Kier alpha value is -2.62. The monoisotopic (exact) mass is 338 g/mol. The number of hydrogen-bond acceptors (Lipinski definition) is 2. The summed E-state index contributed by atoms with van der Waals surface area (Å²) in [5.41, 5.74) is 5.99. The van der Waals surface area contributed by atoms with Gasteiger partial charge in [-0.25, -0.2) is 0 Å². The predicted octanol–water partition coefficient (Wildman–Crippen LogP) is 4.30. The highest BCUT2D eigenvalue weighted by Gasteiger charge is 2.15. The zero-order valence-electron chi connectivity index (χ0n) is 15.6. The zero-order valence-corrected chi connectivity index (χ0v) is 15.6. The number of nitrogens with zero attached hydrogens (tertiary/aromatic N) is 1. The molecule has 0 saturated heterocycles. The minimum Gasteiger partial charge on any atom is -0.326 e. The van der Waals surface area contributed by atoms with Gasteiger partial charge in [0, 0.05) is 31.3 Å². The number of carbonyl (C=O) groups is 2. The van der Waals surface area contributed by atoms with Crippen molar-refractivity contribution in [2.24, 2.45) is 0 Å². The number of anilines is 2. The molecular weight excluding hydrogens is 312 g/mol. The van der Waals surface area contributed by atoms with E-state index in [9.17, 15) is 9.59 Å². The Kier molecular flexibility index (Phi) is 5.97. The molecule has 0 aliphatic heterocycles. The van der Waals surface area contributed by atoms with Crippen molar-refractivity contribution < 1.29 is 9.59 Å². The van der Waals surface area contributed by atoms with Crippen LogP contribution in [0.25, 0.3) is 0 Å². The molecule has 2 aromatic carbocycles. The van der Waals surface area contributed by atoms with E-state index in [0.29, 0.717) is 6.54 Å². The summed E-state index contributed by atoms with van der Waals surface area (Å²) >= 11 is 0. The van der Waals surface area contributed by atoms with Crippen LogP contribution in [0.2, 0.25) is 0 Å². The number of hydrogen-bond donors (Lipinski definition) is 1. The van der Waals surface area contributed by atoms with Crippen molar-refractivity contribution >= 4 is 23.2 Å². The first-order valence-electron chi connectivity index (χ1n) is 8.50. The number of aryl methyl sites for hydroxylation is 4. The van der Waals surface area contributed by atoms with Gasteiger partial charge in [0.15, 0.2) is 0 Å². The van der Waals surface area contributed by atoms with Crippen LogP contribution >= 0.6 is 0 Å². The summed E-state index contributed by atoms with van der Waals surface area (Å²) < 4.78 is 0. The topological polar surface area (TPSA) is 49.4 Å². The number of amides is 2. The third-order valence-corrected chi connectivity index (χ3v) is 4.10. The molecule has 4 nitrogen and oxygen atoms in total. The summed E-state index contributed by atoms with van der Waals surface area (Å²) in [6.07, 6.45) is 0.250. The Balaban J connectivity index is 2.07. The van der Waals surface area contributed by atoms with E-state index < -0.39 is 0 Å². The van der Waals surface area contributed by atoms with Crippen LogP contribution in [0.5, 0.6) is 0 Å². The van der Waals surface area contributed by atoms with E-state index in [1.807, 2.05) is 58.0 Å². The molecular formula is C21H26N2O2. The minimum absolute atomic E-state index is 0.0621. The van der Waals surface area contributed by atoms with Crippen LogP contribution < -0.4 is 10.2 Å². The highest BCUT2D eigenvalue weighted by Crippen LogP contribution is 2.22. The Labute approximate surface area is 149 Å². The van der Waals surface area contributed by atoms with E-state index in [0.717, 1.165) is 33.6 Å². The molecule has 4 heteroatoms. The second-order valence-corrected chi connectivity index (χ2v) is 6.64. The van der Waals surface area contributed by atoms with E-state index in [-0.39, 0.29) is 18.2 Å². The van der Waals surface area contributed by atoms with Gasteiger partial charge >= 0.3 is 0 Å². The van der Waals surface area contributed by atoms with E-state index in [2.05, 4.69) is 11.4 Å². The lowest BCUT2D eigenvalue weighted by atomic mass is 10.1. The van der Waals surface area contributed by atoms with Gasteiger partial charge in [0.2, 0.25) is 11.8 Å². The molecule has 0 aliphatic rings. The van der Waals surface area contributed by atoms with Gasteiger partial charge in [-0.1, -0.05) is 18.2 Å². The second-order valence-electron chi connectivity index (χ2n) is 6.64. The van der Waals surface area contributed by atoms with Crippen LogP contribution in [0.15, 0.2) is 36.4 Å². The lowest BCUT2D eigenvalue weighted by molar-refractivity contribution is -0.117. The van der Waals surface area contributed by atoms with Crippen molar-refractivity contribution in [3.05, 3.63) is 58.7 Å². The minimum atomic E-state index is -0.0958. The maximum atomic E-state index is 12.3. The maximum absolute atomic E-state index is 12.3. The molecule has 2 aromatic rings. The van der Waals surface area contributed by atoms with Crippen molar-refractivity contribution in [2.45, 2.75) is 41.0 Å². The predicted molar refractivity (Wildman–Crippen MR) is 103 cm³/mol. The van der Waals surface area contributed by atoms with Crippen molar-refractivity contribution in [1.29, 1.82) is 0 Å². The molecule has 0 radical (unpaired) electrons. The third-order valence-electron chi connectivity index (χ3n) is 4.10. The molecule has 2 rings (SSSR count). The zero-order chi connectivity index (χ0) is 18.6. The highest BCUT2D eigenvalue weighted by atomic mass is 16.2. The summed E-state index contributed by atoms with van der Waals surface area (Å²) in [5, 5.41) is 2.92. The van der Waals surface area contributed by atoms with Gasteiger partial charge in [-0.05, 0) is 68.1 Å². The summed E-state index contributed by atoms with van der Waals surface area (Å²) in [4.78, 5) is 26.0. The van der Waals surface area contributed by atoms with Crippen LogP contribution in [0.1, 0.15) is 35.6 Å². The normalized spacial score (nSPS) is 10.4. The van der Waals surface area contributed by atoms with Gasteiger partial charge in [-0.3, -0.25) is 9.59 Å². The first-order valence-corrected chi connectivity index (χ1v) is 8.50. The number of nitrogens with one attached hydrogen (secondary N) is 1. The Bertz CT molecular complexity index is 776. The third kappa shape index (κ3) is 5.18. The summed E-state index contributed by atoms with van der Waals surface area (Å²) in [7, 11) is 0. The molecule has 25 heavy (non-hydrogen) atoms. The number of carbonyl (C=O) groups excluding carboxylic acids is 2. The van der Waals surface area contributed by atoms with Crippen molar-refractivity contribution in [1.82, 2.24) is 0 Å². The molecule has 0 atom stereocenters. The van der Waals surface area contributed by atoms with Crippen LogP contribution in [-0.2, 0) is 9.59 Å². The van der Waals surface area contributed by atoms with Gasteiger partial charge in [-0.2, -0.15) is 0 Å². The molecule has 0 bridgehead atoms. The smallest absolute Gasteiger partial charge is 0.226 e. The highest BCUT2D eigenvalue weighted by molar-refractivity contribution is 5.95. The fourth-order valence-electron chi connectivity index (χ4n) is 2.94. The van der Waals surface area contributed by atoms with Gasteiger partial charge in [-0.15, -0.1) is 0 Å². The van der Waals surface area contributed by atoms with Gasteiger partial charge < -0.3 is 10.2 Å². The van der Waals surface area contributed by atoms with Crippen molar-refractivity contribution in [3.63, 3.8) is 0 Å². The fraction of sp³-hybridized carbons (Fsp3) is 0.333. The lowest BCUT2D eigenvalue weighted by Crippen LogP contribution is -2.32. The first-order chi connectivity index (χ1) is 11.8. The fourth-order valence-corrected chi connectivity index (χ4v) is 2.94. The Morgan fingerprint density at radius 3 is 2.16 bits per heavy atom. The summed E-state index contributed by atoms with van der Waals surface area (Å²) in [6, 6.07) is 11.9. The average molecular weight is 338 g/mol. The lowest BCUT2D eigenvalue weighted by Gasteiger charge is -2.23. The van der Waals surface area contributed by atoms with E-state index in [1.165, 1.54) is 6.92 Å².